The number of anilines is 1. The van der Waals surface area contributed by atoms with Crippen molar-refractivity contribution in [1.29, 1.82) is 0 Å². The fourth-order valence-electron chi connectivity index (χ4n) is 3.18. The van der Waals surface area contributed by atoms with Crippen LogP contribution in [0.4, 0.5) is 5.69 Å². The Morgan fingerprint density at radius 1 is 0.935 bits per heavy atom. The number of nitrogens with one attached hydrogen (secondary N) is 1. The number of nitrogens with zero attached hydrogens (tertiary/aromatic N) is 1. The Kier molecular flexibility index (Phi) is 6.74. The summed E-state index contributed by atoms with van der Waals surface area (Å²) < 4.78 is 27.7. The molecule has 0 aliphatic heterocycles. The molecule has 0 atom stereocenters. The van der Waals surface area contributed by atoms with Gasteiger partial charge < -0.3 is 16.4 Å². The molecule has 0 radical (unpaired) electrons. The third-order valence-electron chi connectivity index (χ3n) is 4.82. The second-order valence-corrected chi connectivity index (χ2v) is 9.25. The fourth-order valence-corrected chi connectivity index (χ4v) is 4.24. The highest BCUT2D eigenvalue weighted by Crippen LogP contribution is 2.32. The lowest BCUT2D eigenvalue weighted by atomic mass is 9.95. The van der Waals surface area contributed by atoms with Gasteiger partial charge in [-0.3, -0.25) is 4.79 Å². The first-order valence-corrected chi connectivity index (χ1v) is 11.2. The Labute approximate surface area is 182 Å². The van der Waals surface area contributed by atoms with Crippen LogP contribution in [0, 0.1) is 0 Å². The molecular formula is C23H26N4O3S. The average molecular weight is 439 g/mol. The summed E-state index contributed by atoms with van der Waals surface area (Å²) in [5.41, 5.74) is 15.4. The summed E-state index contributed by atoms with van der Waals surface area (Å²) >= 11 is 0. The lowest BCUT2D eigenvalue weighted by molar-refractivity contribution is 0.100. The molecule has 162 valence electrons. The standard InChI is InChI=1S/C23H26N4O3S/c1-27(2)11-10-26-31(29,30)20-8-9-21(22(24)15-20)18-12-17(13-19(14-18)23(25)28)16-6-4-3-5-7-16/h3-9,12-15,26H,10-11,24H2,1-2H3,(H2,25,28). The zero-order valence-electron chi connectivity index (χ0n) is 17.5. The predicted molar refractivity (Wildman–Crippen MR) is 124 cm³/mol. The van der Waals surface area contributed by atoms with Gasteiger partial charge in [0.15, 0.2) is 0 Å². The first-order chi connectivity index (χ1) is 14.7. The highest BCUT2D eigenvalue weighted by molar-refractivity contribution is 7.89. The highest BCUT2D eigenvalue weighted by atomic mass is 32.2. The van der Waals surface area contributed by atoms with Crippen molar-refractivity contribution in [2.24, 2.45) is 5.73 Å². The van der Waals surface area contributed by atoms with Crippen molar-refractivity contribution in [3.8, 4) is 22.3 Å². The van der Waals surface area contributed by atoms with Crippen LogP contribution < -0.4 is 16.2 Å². The van der Waals surface area contributed by atoms with E-state index >= 15 is 0 Å². The molecule has 31 heavy (non-hydrogen) atoms. The molecular weight excluding hydrogens is 412 g/mol. The Hall–Kier alpha value is -3.20. The van der Waals surface area contributed by atoms with Gasteiger partial charge in [-0.25, -0.2) is 13.1 Å². The number of primary amides is 1. The summed E-state index contributed by atoms with van der Waals surface area (Å²) in [6.45, 7) is 0.868. The smallest absolute Gasteiger partial charge is 0.248 e. The number of rotatable bonds is 8. The summed E-state index contributed by atoms with van der Waals surface area (Å²) in [6.07, 6.45) is 0. The third-order valence-corrected chi connectivity index (χ3v) is 6.28. The Morgan fingerprint density at radius 2 is 1.61 bits per heavy atom. The zero-order chi connectivity index (χ0) is 22.6. The summed E-state index contributed by atoms with van der Waals surface area (Å²) in [5.74, 6) is -0.554. The maximum Gasteiger partial charge on any atom is 0.248 e. The number of hydrogen-bond donors (Lipinski definition) is 3. The summed E-state index contributed by atoms with van der Waals surface area (Å²) in [7, 11) is 0.0512. The minimum Gasteiger partial charge on any atom is -0.398 e. The molecule has 3 aromatic carbocycles. The van der Waals surface area contributed by atoms with Crippen molar-refractivity contribution < 1.29 is 13.2 Å². The molecule has 0 aromatic heterocycles. The topological polar surface area (TPSA) is 119 Å². The van der Waals surface area contributed by atoms with Gasteiger partial charge >= 0.3 is 0 Å². The van der Waals surface area contributed by atoms with Gasteiger partial charge in [0.1, 0.15) is 0 Å². The first-order valence-electron chi connectivity index (χ1n) is 9.72. The lowest BCUT2D eigenvalue weighted by Crippen LogP contribution is -2.31. The minimum absolute atomic E-state index is 0.0850. The van der Waals surface area contributed by atoms with E-state index in [4.69, 9.17) is 11.5 Å². The second-order valence-electron chi connectivity index (χ2n) is 7.48. The van der Waals surface area contributed by atoms with E-state index in [1.165, 1.54) is 12.1 Å². The maximum atomic E-state index is 12.5. The minimum atomic E-state index is -3.68. The van der Waals surface area contributed by atoms with Crippen molar-refractivity contribution in [2.45, 2.75) is 4.90 Å². The molecule has 0 fully saturated rings. The van der Waals surface area contributed by atoms with Gasteiger partial charge in [-0.2, -0.15) is 0 Å². The molecule has 0 aliphatic rings. The summed E-state index contributed by atoms with van der Waals surface area (Å²) in [4.78, 5) is 13.9. The van der Waals surface area contributed by atoms with E-state index in [1.54, 1.807) is 18.2 Å². The van der Waals surface area contributed by atoms with Crippen molar-refractivity contribution >= 4 is 21.6 Å². The summed E-state index contributed by atoms with van der Waals surface area (Å²) in [5, 5.41) is 0. The SMILES string of the molecule is CN(C)CCNS(=O)(=O)c1ccc(-c2cc(C(N)=O)cc(-c3ccccc3)c2)c(N)c1. The lowest BCUT2D eigenvalue weighted by Gasteiger charge is -2.14. The van der Waals surface area contributed by atoms with Gasteiger partial charge in [-0.15, -0.1) is 0 Å². The van der Waals surface area contributed by atoms with Crippen LogP contribution in [0.25, 0.3) is 22.3 Å². The van der Waals surface area contributed by atoms with E-state index in [0.29, 0.717) is 23.2 Å². The van der Waals surface area contributed by atoms with E-state index in [0.717, 1.165) is 11.1 Å². The zero-order valence-corrected chi connectivity index (χ0v) is 18.3. The number of benzene rings is 3. The Balaban J connectivity index is 1.99. The molecule has 0 saturated carbocycles. The largest absolute Gasteiger partial charge is 0.398 e. The number of carbonyl (C=O) groups is 1. The third kappa shape index (κ3) is 5.49. The van der Waals surface area contributed by atoms with Gasteiger partial charge in [0.2, 0.25) is 15.9 Å². The van der Waals surface area contributed by atoms with Crippen LogP contribution in [0.5, 0.6) is 0 Å². The molecule has 3 aromatic rings. The van der Waals surface area contributed by atoms with Gasteiger partial charge in [-0.05, 0) is 61.1 Å². The van der Waals surface area contributed by atoms with Crippen LogP contribution in [0.15, 0.2) is 71.6 Å². The number of hydrogen-bond acceptors (Lipinski definition) is 5. The molecule has 7 nitrogen and oxygen atoms in total. The van der Waals surface area contributed by atoms with Crippen LogP contribution in [-0.2, 0) is 10.0 Å². The number of nitrogens with two attached hydrogens (primary N) is 2. The molecule has 0 saturated heterocycles. The number of likely N-dealkylation sites (N-methyl/N-ethyl adjacent to an activating group) is 1. The van der Waals surface area contributed by atoms with E-state index in [1.807, 2.05) is 55.4 Å². The number of nitrogen functional groups attached to an aromatic ring is 1. The molecule has 0 bridgehead atoms. The van der Waals surface area contributed by atoms with Crippen LogP contribution >= 0.6 is 0 Å². The van der Waals surface area contributed by atoms with Crippen LogP contribution in [0.3, 0.4) is 0 Å². The maximum absolute atomic E-state index is 12.5. The normalized spacial score (nSPS) is 11.6. The average Bonchev–Trinajstić information content (AvgIpc) is 2.73. The van der Waals surface area contributed by atoms with E-state index in [2.05, 4.69) is 4.72 Å². The first kappa shape index (κ1) is 22.5. The van der Waals surface area contributed by atoms with Crippen molar-refractivity contribution in [3.63, 3.8) is 0 Å². The van der Waals surface area contributed by atoms with Crippen molar-refractivity contribution in [1.82, 2.24) is 9.62 Å². The van der Waals surface area contributed by atoms with E-state index < -0.39 is 15.9 Å². The van der Waals surface area contributed by atoms with Gasteiger partial charge in [0.25, 0.3) is 0 Å². The Morgan fingerprint density at radius 3 is 2.23 bits per heavy atom. The van der Waals surface area contributed by atoms with E-state index in [-0.39, 0.29) is 17.1 Å². The monoisotopic (exact) mass is 438 g/mol. The van der Waals surface area contributed by atoms with Gasteiger partial charge in [0, 0.05) is 29.9 Å². The molecule has 3 rings (SSSR count). The highest BCUT2D eigenvalue weighted by Gasteiger charge is 2.17. The second kappa shape index (κ2) is 9.30. The van der Waals surface area contributed by atoms with Crippen molar-refractivity contribution in [3.05, 3.63) is 72.3 Å². The van der Waals surface area contributed by atoms with Crippen LogP contribution in [-0.4, -0.2) is 46.4 Å². The van der Waals surface area contributed by atoms with Gasteiger partial charge in [0.05, 0.1) is 4.90 Å². The molecule has 0 spiro atoms. The Bertz CT molecular complexity index is 1190. The number of amides is 1. The number of sulfonamides is 1. The predicted octanol–water partition coefficient (Wildman–Crippen LogP) is 2.54. The molecule has 0 unspecified atom stereocenters. The van der Waals surface area contributed by atoms with Crippen LogP contribution in [0.2, 0.25) is 0 Å². The number of carbonyl (C=O) groups excluding carboxylic acids is 1. The molecule has 5 N–H and O–H groups in total. The van der Waals surface area contributed by atoms with E-state index in [9.17, 15) is 13.2 Å². The molecule has 8 heteroatoms. The fraction of sp³-hybridized carbons (Fsp3) is 0.174. The van der Waals surface area contributed by atoms with Gasteiger partial charge in [-0.1, -0.05) is 36.4 Å². The molecule has 0 aliphatic carbocycles. The van der Waals surface area contributed by atoms with Crippen LogP contribution in [0.1, 0.15) is 10.4 Å². The quantitative estimate of drug-likeness (QED) is 0.467. The molecule has 1 amide bonds. The van der Waals surface area contributed by atoms with Crippen molar-refractivity contribution in [2.75, 3.05) is 32.9 Å². The summed E-state index contributed by atoms with van der Waals surface area (Å²) in [6, 6.07) is 19.4. The molecule has 0 heterocycles.